The molecule has 2 aliphatic rings. The molecule has 0 atom stereocenters. The molecule has 132 valence electrons. The Morgan fingerprint density at radius 3 is 2.68 bits per heavy atom. The van der Waals surface area contributed by atoms with Gasteiger partial charge < -0.3 is 14.4 Å². The van der Waals surface area contributed by atoms with E-state index in [1.807, 2.05) is 15.8 Å². The number of likely N-dealkylation sites (tertiary alicyclic amines) is 1. The molecular weight excluding hydrogens is 320 g/mol. The van der Waals surface area contributed by atoms with Gasteiger partial charge >= 0.3 is 0 Å². The van der Waals surface area contributed by atoms with Gasteiger partial charge in [-0.1, -0.05) is 5.21 Å². The van der Waals surface area contributed by atoms with E-state index in [4.69, 9.17) is 9.47 Å². The van der Waals surface area contributed by atoms with Gasteiger partial charge in [-0.3, -0.25) is 4.79 Å². The van der Waals surface area contributed by atoms with Gasteiger partial charge in [-0.15, -0.1) is 5.10 Å². The highest BCUT2D eigenvalue weighted by Crippen LogP contribution is 2.29. The van der Waals surface area contributed by atoms with Gasteiger partial charge in [0.1, 0.15) is 11.4 Å². The van der Waals surface area contributed by atoms with Crippen LogP contribution in [-0.4, -0.2) is 52.6 Å². The van der Waals surface area contributed by atoms with Gasteiger partial charge in [0.05, 0.1) is 26.0 Å². The number of carbonyl (C=O) groups is 1. The van der Waals surface area contributed by atoms with Crippen LogP contribution in [0, 0.1) is 5.92 Å². The molecule has 2 fully saturated rings. The molecule has 1 aliphatic carbocycles. The van der Waals surface area contributed by atoms with Crippen LogP contribution in [0.3, 0.4) is 0 Å². The van der Waals surface area contributed by atoms with E-state index < -0.39 is 0 Å². The van der Waals surface area contributed by atoms with Gasteiger partial charge in [0.15, 0.2) is 0 Å². The monoisotopic (exact) mass is 342 g/mol. The summed E-state index contributed by atoms with van der Waals surface area (Å²) in [4.78, 5) is 14.3. The number of nitrogens with zero attached hydrogens (tertiary/aromatic N) is 4. The van der Waals surface area contributed by atoms with E-state index >= 15 is 0 Å². The number of rotatable bonds is 7. The molecule has 25 heavy (non-hydrogen) atoms. The maximum absolute atomic E-state index is 12.4. The molecule has 2 aromatic rings. The molecule has 7 heteroatoms. The summed E-state index contributed by atoms with van der Waals surface area (Å²) in [6.07, 6.45) is 4.49. The topological polar surface area (TPSA) is 69.5 Å². The van der Waals surface area contributed by atoms with Crippen LogP contribution >= 0.6 is 0 Å². The molecule has 1 aromatic carbocycles. The van der Waals surface area contributed by atoms with Crippen LogP contribution in [0.15, 0.2) is 30.5 Å². The van der Waals surface area contributed by atoms with E-state index in [2.05, 4.69) is 10.3 Å². The Balaban J connectivity index is 1.27. The standard InChI is InChI=1S/C18H22N4O3/c1-24-17-6-4-14(5-7-17)18(23)21-9-16(10-21)22-8-15(19-20-22)12-25-11-13-2-3-13/h4-8,13,16H,2-3,9-12H2,1H3. The fraction of sp³-hybridized carbons (Fsp3) is 0.500. The number of ether oxygens (including phenoxy) is 2. The third kappa shape index (κ3) is 3.66. The van der Waals surface area contributed by atoms with E-state index in [9.17, 15) is 4.79 Å². The van der Waals surface area contributed by atoms with Crippen LogP contribution in [0.25, 0.3) is 0 Å². The summed E-state index contributed by atoms with van der Waals surface area (Å²) in [6.45, 7) is 2.63. The first-order valence-corrected chi connectivity index (χ1v) is 8.64. The molecule has 0 spiro atoms. The van der Waals surface area contributed by atoms with Gasteiger partial charge in [0, 0.05) is 25.3 Å². The first-order valence-electron chi connectivity index (χ1n) is 8.64. The van der Waals surface area contributed by atoms with Crippen molar-refractivity contribution in [2.45, 2.75) is 25.5 Å². The zero-order chi connectivity index (χ0) is 17.2. The lowest BCUT2D eigenvalue weighted by molar-refractivity contribution is 0.0498. The number of hydrogen-bond acceptors (Lipinski definition) is 5. The van der Waals surface area contributed by atoms with Crippen molar-refractivity contribution in [1.82, 2.24) is 19.9 Å². The van der Waals surface area contributed by atoms with Crippen molar-refractivity contribution < 1.29 is 14.3 Å². The third-order valence-corrected chi connectivity index (χ3v) is 4.72. The van der Waals surface area contributed by atoms with E-state index in [0.29, 0.717) is 25.3 Å². The maximum atomic E-state index is 12.4. The van der Waals surface area contributed by atoms with Crippen molar-refractivity contribution in [2.24, 2.45) is 5.92 Å². The second kappa shape index (κ2) is 6.84. The highest BCUT2D eigenvalue weighted by atomic mass is 16.5. The fourth-order valence-corrected chi connectivity index (χ4v) is 2.88. The van der Waals surface area contributed by atoms with Gasteiger partial charge in [0.2, 0.25) is 0 Å². The normalized spacial score (nSPS) is 17.4. The Hall–Kier alpha value is -2.41. The number of carbonyl (C=O) groups excluding carboxylic acids is 1. The molecule has 1 aromatic heterocycles. The molecule has 1 amide bonds. The average molecular weight is 342 g/mol. The summed E-state index contributed by atoms with van der Waals surface area (Å²) in [7, 11) is 1.61. The molecule has 0 bridgehead atoms. The second-order valence-electron chi connectivity index (χ2n) is 6.74. The van der Waals surface area contributed by atoms with Crippen LogP contribution in [0.2, 0.25) is 0 Å². The van der Waals surface area contributed by atoms with Crippen LogP contribution in [0.5, 0.6) is 5.75 Å². The minimum atomic E-state index is 0.0343. The zero-order valence-corrected chi connectivity index (χ0v) is 14.3. The number of benzene rings is 1. The Morgan fingerprint density at radius 1 is 1.24 bits per heavy atom. The van der Waals surface area contributed by atoms with E-state index in [1.165, 1.54) is 12.8 Å². The molecule has 0 N–H and O–H groups in total. The highest BCUT2D eigenvalue weighted by molar-refractivity contribution is 5.94. The number of amides is 1. The zero-order valence-electron chi connectivity index (χ0n) is 14.3. The molecule has 0 unspecified atom stereocenters. The summed E-state index contributed by atoms with van der Waals surface area (Å²) in [5.74, 6) is 1.53. The SMILES string of the molecule is COc1ccc(C(=O)N2CC(n3cc(COCC4CC4)nn3)C2)cc1. The summed E-state index contributed by atoms with van der Waals surface area (Å²) in [5, 5.41) is 8.33. The third-order valence-electron chi connectivity index (χ3n) is 4.72. The van der Waals surface area contributed by atoms with Gasteiger partial charge in [0.25, 0.3) is 5.91 Å². The summed E-state index contributed by atoms with van der Waals surface area (Å²) in [5.41, 5.74) is 1.52. The number of aromatic nitrogens is 3. The molecule has 7 nitrogen and oxygen atoms in total. The van der Waals surface area contributed by atoms with Crippen LogP contribution in [0.1, 0.15) is 34.9 Å². The number of hydrogen-bond donors (Lipinski definition) is 0. The van der Waals surface area contributed by atoms with E-state index in [-0.39, 0.29) is 11.9 Å². The Morgan fingerprint density at radius 2 is 2.00 bits per heavy atom. The molecule has 0 radical (unpaired) electrons. The maximum Gasteiger partial charge on any atom is 0.254 e. The Bertz CT molecular complexity index is 733. The van der Waals surface area contributed by atoms with Crippen molar-refractivity contribution in [3.8, 4) is 5.75 Å². The van der Waals surface area contributed by atoms with Crippen molar-refractivity contribution in [2.75, 3.05) is 26.8 Å². The van der Waals surface area contributed by atoms with Crippen LogP contribution in [-0.2, 0) is 11.3 Å². The van der Waals surface area contributed by atoms with E-state index in [0.717, 1.165) is 24.0 Å². The predicted octanol–water partition coefficient (Wildman–Crippen LogP) is 1.91. The molecule has 1 aliphatic heterocycles. The summed E-state index contributed by atoms with van der Waals surface area (Å²) in [6, 6.07) is 7.37. The predicted molar refractivity (Wildman–Crippen MR) is 90.3 cm³/mol. The smallest absolute Gasteiger partial charge is 0.254 e. The van der Waals surface area contributed by atoms with Gasteiger partial charge in [-0.2, -0.15) is 0 Å². The minimum Gasteiger partial charge on any atom is -0.497 e. The summed E-state index contributed by atoms with van der Waals surface area (Å²) >= 11 is 0. The van der Waals surface area contributed by atoms with E-state index in [1.54, 1.807) is 31.4 Å². The molecule has 1 saturated heterocycles. The molecule has 1 saturated carbocycles. The lowest BCUT2D eigenvalue weighted by Gasteiger charge is -2.38. The molecule has 2 heterocycles. The van der Waals surface area contributed by atoms with Crippen molar-refractivity contribution in [3.63, 3.8) is 0 Å². The first-order chi connectivity index (χ1) is 12.2. The lowest BCUT2D eigenvalue weighted by Crippen LogP contribution is -2.50. The van der Waals surface area contributed by atoms with Crippen molar-refractivity contribution in [3.05, 3.63) is 41.7 Å². The van der Waals surface area contributed by atoms with Gasteiger partial charge in [-0.25, -0.2) is 4.68 Å². The quantitative estimate of drug-likeness (QED) is 0.769. The van der Waals surface area contributed by atoms with Gasteiger partial charge in [-0.05, 0) is 43.0 Å². The highest BCUT2D eigenvalue weighted by Gasteiger charge is 2.33. The van der Waals surface area contributed by atoms with Crippen molar-refractivity contribution in [1.29, 1.82) is 0 Å². The minimum absolute atomic E-state index is 0.0343. The Kier molecular flexibility index (Phi) is 4.40. The average Bonchev–Trinajstić information content (AvgIpc) is 3.31. The first kappa shape index (κ1) is 16.1. The molecular formula is C18H22N4O3. The number of methoxy groups -OCH3 is 1. The fourth-order valence-electron chi connectivity index (χ4n) is 2.88. The van der Waals surface area contributed by atoms with Crippen molar-refractivity contribution >= 4 is 5.91 Å². The van der Waals surface area contributed by atoms with Crippen LogP contribution in [0.4, 0.5) is 0 Å². The van der Waals surface area contributed by atoms with Crippen LogP contribution < -0.4 is 4.74 Å². The Labute approximate surface area is 146 Å². The largest absolute Gasteiger partial charge is 0.497 e. The molecule has 4 rings (SSSR count). The summed E-state index contributed by atoms with van der Waals surface area (Å²) < 4.78 is 12.6. The lowest BCUT2D eigenvalue weighted by atomic mass is 10.1. The second-order valence-corrected chi connectivity index (χ2v) is 6.74.